The van der Waals surface area contributed by atoms with E-state index in [0.29, 0.717) is 15.8 Å². The summed E-state index contributed by atoms with van der Waals surface area (Å²) in [5, 5.41) is 14.3. The Balaban J connectivity index is 1.66. The lowest BCUT2D eigenvalue weighted by Crippen LogP contribution is -2.35. The second-order valence-corrected chi connectivity index (χ2v) is 10.5. The maximum absolute atomic E-state index is 11.3. The number of nitrogens with zero attached hydrogens (tertiary/aromatic N) is 4. The Morgan fingerprint density at radius 3 is 2.80 bits per heavy atom. The van der Waals surface area contributed by atoms with Gasteiger partial charge in [-0.3, -0.25) is 0 Å². The fourth-order valence-electron chi connectivity index (χ4n) is 4.51. The molecule has 0 bridgehead atoms. The van der Waals surface area contributed by atoms with Gasteiger partial charge in [-0.25, -0.2) is 9.97 Å². The third-order valence-corrected chi connectivity index (χ3v) is 8.42. The first-order valence-electron chi connectivity index (χ1n) is 9.81. The number of thiazole rings is 1. The number of aromatic nitrogens is 3. The Morgan fingerprint density at radius 1 is 1.27 bits per heavy atom. The minimum absolute atomic E-state index is 0.0508. The summed E-state index contributed by atoms with van der Waals surface area (Å²) in [7, 11) is 0. The highest BCUT2D eigenvalue weighted by Crippen LogP contribution is 2.52. The summed E-state index contributed by atoms with van der Waals surface area (Å²) in [4.78, 5) is 15.0. The van der Waals surface area contributed by atoms with Crippen LogP contribution >= 0.6 is 34.7 Å². The predicted molar refractivity (Wildman–Crippen MR) is 124 cm³/mol. The summed E-state index contributed by atoms with van der Waals surface area (Å²) < 4.78 is 0. The minimum atomic E-state index is -1.18. The van der Waals surface area contributed by atoms with Gasteiger partial charge in [0.05, 0.1) is 6.20 Å². The van der Waals surface area contributed by atoms with Crippen LogP contribution in [0.15, 0.2) is 36.0 Å². The van der Waals surface area contributed by atoms with Crippen LogP contribution in [0, 0.1) is 0 Å². The van der Waals surface area contributed by atoms with Gasteiger partial charge in [-0.1, -0.05) is 23.7 Å². The number of hydrogen-bond donors (Lipinski definition) is 2. The van der Waals surface area contributed by atoms with Crippen molar-refractivity contribution in [3.63, 3.8) is 0 Å². The number of fused-ring (bicyclic) bond motifs is 2. The molecule has 4 heterocycles. The third kappa shape index (κ3) is 3.17. The molecule has 3 aromatic rings. The van der Waals surface area contributed by atoms with E-state index in [2.05, 4.69) is 32.0 Å². The van der Waals surface area contributed by atoms with Gasteiger partial charge in [0.25, 0.3) is 0 Å². The Bertz CT molecular complexity index is 1080. The van der Waals surface area contributed by atoms with Crippen LogP contribution in [-0.2, 0) is 11.0 Å². The Kier molecular flexibility index (Phi) is 4.93. The highest BCUT2D eigenvalue weighted by atomic mass is 35.5. The molecular formula is C21H22ClN5OS2. The quantitative estimate of drug-likeness (QED) is 0.602. The number of rotatable bonds is 3. The normalized spacial score (nSPS) is 19.6. The number of halogens is 1. The van der Waals surface area contributed by atoms with E-state index in [-0.39, 0.29) is 11.4 Å². The van der Waals surface area contributed by atoms with Crippen LogP contribution in [0.3, 0.4) is 0 Å². The van der Waals surface area contributed by atoms with Crippen LogP contribution in [-0.4, -0.2) is 38.1 Å². The molecule has 1 spiro atoms. The largest absolute Gasteiger partial charge is 0.378 e. The maximum Gasteiger partial charge on any atom is 0.222 e. The smallest absolute Gasteiger partial charge is 0.222 e. The van der Waals surface area contributed by atoms with Gasteiger partial charge in [0, 0.05) is 29.2 Å². The van der Waals surface area contributed by atoms with Gasteiger partial charge in [0.1, 0.15) is 15.6 Å². The summed E-state index contributed by atoms with van der Waals surface area (Å²) in [5.74, 6) is 3.07. The molecule has 0 radical (unpaired) electrons. The van der Waals surface area contributed by atoms with Crippen molar-refractivity contribution >= 4 is 52.2 Å². The molecule has 1 atom stereocenters. The number of thioether (sulfide) groups is 1. The summed E-state index contributed by atoms with van der Waals surface area (Å²) in [5.41, 5.74) is 7.87. The summed E-state index contributed by atoms with van der Waals surface area (Å²) in [6, 6.07) is 6.26. The van der Waals surface area contributed by atoms with Crippen LogP contribution in [0.1, 0.15) is 35.9 Å². The zero-order chi connectivity index (χ0) is 20.9. The van der Waals surface area contributed by atoms with E-state index in [0.717, 1.165) is 42.1 Å². The SMILES string of the molecule is CC(O)(c1ccc2c(c1)N(c1nc(N)ncc1Cl)CC21CCSCC1)c1nccs1. The highest BCUT2D eigenvalue weighted by molar-refractivity contribution is 7.99. The number of benzene rings is 1. The molecule has 1 aromatic carbocycles. The molecule has 1 unspecified atom stereocenters. The van der Waals surface area contributed by atoms with E-state index in [4.69, 9.17) is 17.3 Å². The van der Waals surface area contributed by atoms with Crippen LogP contribution < -0.4 is 10.6 Å². The van der Waals surface area contributed by atoms with Gasteiger partial charge in [-0.2, -0.15) is 16.7 Å². The topological polar surface area (TPSA) is 88.2 Å². The lowest BCUT2D eigenvalue weighted by Gasteiger charge is -2.34. The van der Waals surface area contributed by atoms with Gasteiger partial charge in [0.15, 0.2) is 5.82 Å². The molecule has 156 valence electrons. The Labute approximate surface area is 188 Å². The van der Waals surface area contributed by atoms with Crippen molar-refractivity contribution in [2.45, 2.75) is 30.8 Å². The maximum atomic E-state index is 11.3. The zero-order valence-electron chi connectivity index (χ0n) is 16.5. The number of nitrogen functional groups attached to an aromatic ring is 1. The van der Waals surface area contributed by atoms with Crippen LogP contribution in [0.2, 0.25) is 5.02 Å². The van der Waals surface area contributed by atoms with E-state index in [1.807, 2.05) is 23.2 Å². The van der Waals surface area contributed by atoms with Crippen molar-refractivity contribution in [1.82, 2.24) is 15.0 Å². The fraction of sp³-hybridized carbons (Fsp3) is 0.381. The van der Waals surface area contributed by atoms with Gasteiger partial charge in [0.2, 0.25) is 5.95 Å². The second kappa shape index (κ2) is 7.37. The molecule has 1 saturated heterocycles. The minimum Gasteiger partial charge on any atom is -0.378 e. The van der Waals surface area contributed by atoms with E-state index in [9.17, 15) is 5.11 Å². The zero-order valence-corrected chi connectivity index (χ0v) is 18.9. The molecule has 6 nitrogen and oxygen atoms in total. The second-order valence-electron chi connectivity index (χ2n) is 8.02. The molecular weight excluding hydrogens is 438 g/mol. The summed E-state index contributed by atoms with van der Waals surface area (Å²) >= 11 is 9.94. The number of aliphatic hydroxyl groups is 1. The van der Waals surface area contributed by atoms with Crippen molar-refractivity contribution in [1.29, 1.82) is 0 Å². The first kappa shape index (κ1) is 20.1. The number of anilines is 3. The van der Waals surface area contributed by atoms with Crippen LogP contribution in [0.4, 0.5) is 17.5 Å². The highest BCUT2D eigenvalue weighted by Gasteiger charge is 2.45. The first-order valence-corrected chi connectivity index (χ1v) is 12.2. The monoisotopic (exact) mass is 459 g/mol. The molecule has 30 heavy (non-hydrogen) atoms. The van der Waals surface area contributed by atoms with E-state index >= 15 is 0 Å². The van der Waals surface area contributed by atoms with Crippen molar-refractivity contribution in [2.24, 2.45) is 0 Å². The standard InChI is InChI=1S/C21H22ClN5OS2/c1-20(28,18-24-6-9-30-18)13-2-3-14-16(10-13)27(12-21(14)4-7-29-8-5-21)17-15(22)11-25-19(23)26-17/h2-3,6,9-11,28H,4-5,7-8,12H2,1H3,(H2,23,25,26). The average molecular weight is 460 g/mol. The molecule has 0 saturated carbocycles. The molecule has 0 aliphatic carbocycles. The van der Waals surface area contributed by atoms with E-state index in [1.165, 1.54) is 16.9 Å². The molecule has 2 aromatic heterocycles. The average Bonchev–Trinajstić information content (AvgIpc) is 3.39. The molecule has 9 heteroatoms. The molecule has 2 aliphatic heterocycles. The van der Waals surface area contributed by atoms with Crippen molar-refractivity contribution in [3.8, 4) is 0 Å². The lowest BCUT2D eigenvalue weighted by molar-refractivity contribution is 0.102. The molecule has 5 rings (SSSR count). The molecule has 3 N–H and O–H groups in total. The Morgan fingerprint density at radius 2 is 2.07 bits per heavy atom. The third-order valence-electron chi connectivity index (χ3n) is 6.18. The van der Waals surface area contributed by atoms with Gasteiger partial charge in [-0.05, 0) is 48.5 Å². The van der Waals surface area contributed by atoms with Crippen molar-refractivity contribution in [2.75, 3.05) is 28.7 Å². The number of nitrogens with two attached hydrogens (primary N) is 1. The first-order chi connectivity index (χ1) is 14.4. The van der Waals surface area contributed by atoms with Gasteiger partial charge >= 0.3 is 0 Å². The van der Waals surface area contributed by atoms with E-state index < -0.39 is 5.60 Å². The lowest BCUT2D eigenvalue weighted by atomic mass is 9.76. The Hall–Kier alpha value is -1.87. The van der Waals surface area contributed by atoms with Crippen LogP contribution in [0.5, 0.6) is 0 Å². The van der Waals surface area contributed by atoms with E-state index in [1.54, 1.807) is 19.3 Å². The summed E-state index contributed by atoms with van der Waals surface area (Å²) in [6.45, 7) is 2.58. The number of hydrogen-bond acceptors (Lipinski definition) is 8. The van der Waals surface area contributed by atoms with Gasteiger partial charge < -0.3 is 15.7 Å². The fourth-order valence-corrected chi connectivity index (χ4v) is 6.69. The molecule has 1 fully saturated rings. The molecule has 2 aliphatic rings. The van der Waals surface area contributed by atoms with Crippen molar-refractivity contribution < 1.29 is 5.11 Å². The van der Waals surface area contributed by atoms with Gasteiger partial charge in [-0.15, -0.1) is 11.3 Å². The molecule has 0 amide bonds. The van der Waals surface area contributed by atoms with Crippen molar-refractivity contribution in [3.05, 3.63) is 57.1 Å². The summed E-state index contributed by atoms with van der Waals surface area (Å²) in [6.07, 6.45) is 5.46. The van der Waals surface area contributed by atoms with Crippen LogP contribution in [0.25, 0.3) is 0 Å². The predicted octanol–water partition coefficient (Wildman–Crippen LogP) is 4.34.